The molecule has 0 saturated carbocycles. The summed E-state index contributed by atoms with van der Waals surface area (Å²) in [6.07, 6.45) is -4.37. The lowest BCUT2D eigenvalue weighted by atomic mass is 10.1. The molecular formula is C21H23F3N2O3. The maximum atomic E-state index is 12.9. The summed E-state index contributed by atoms with van der Waals surface area (Å²) < 4.78 is 49.8. The van der Waals surface area contributed by atoms with E-state index in [0.29, 0.717) is 50.0 Å². The summed E-state index contributed by atoms with van der Waals surface area (Å²) in [6, 6.07) is 12.4. The molecule has 8 heteroatoms. The molecule has 0 radical (unpaired) electrons. The number of carbonyl (C=O) groups excluding carboxylic acids is 1. The van der Waals surface area contributed by atoms with Crippen LogP contribution in [0, 0.1) is 0 Å². The molecule has 1 saturated heterocycles. The number of rotatable bonds is 6. The average Bonchev–Trinajstić information content (AvgIpc) is 2.73. The first kappa shape index (κ1) is 20.8. The minimum Gasteiger partial charge on any atom is -0.490 e. The maximum Gasteiger partial charge on any atom is 0.416 e. The molecule has 0 aromatic heterocycles. The largest absolute Gasteiger partial charge is 0.490 e. The van der Waals surface area contributed by atoms with Crippen molar-refractivity contribution in [2.24, 2.45) is 0 Å². The Kier molecular flexibility index (Phi) is 6.51. The van der Waals surface area contributed by atoms with Crippen LogP contribution in [0.5, 0.6) is 11.5 Å². The van der Waals surface area contributed by atoms with Gasteiger partial charge in [-0.2, -0.15) is 13.2 Å². The molecule has 0 spiro atoms. The van der Waals surface area contributed by atoms with Gasteiger partial charge < -0.3 is 19.3 Å². The SMILES string of the molecule is CCOc1ccccc1OCC(=O)N1CCN(c2cccc(C(F)(F)F)c2)CC1. The Labute approximate surface area is 167 Å². The van der Waals surface area contributed by atoms with E-state index in [1.807, 2.05) is 17.9 Å². The van der Waals surface area contributed by atoms with Crippen LogP contribution in [-0.4, -0.2) is 50.2 Å². The molecule has 0 bridgehead atoms. The number of hydrogen-bond donors (Lipinski definition) is 0. The second kappa shape index (κ2) is 9.07. The number of halogens is 3. The Morgan fingerprint density at radius 2 is 1.62 bits per heavy atom. The third kappa shape index (κ3) is 5.34. The fourth-order valence-electron chi connectivity index (χ4n) is 3.17. The summed E-state index contributed by atoms with van der Waals surface area (Å²) in [5.41, 5.74) is -0.163. The first-order chi connectivity index (χ1) is 13.9. The van der Waals surface area contributed by atoms with Crippen LogP contribution in [0.1, 0.15) is 12.5 Å². The number of benzene rings is 2. The fraction of sp³-hybridized carbons (Fsp3) is 0.381. The number of amides is 1. The maximum absolute atomic E-state index is 12.9. The summed E-state index contributed by atoms with van der Waals surface area (Å²) in [4.78, 5) is 16.0. The van der Waals surface area contributed by atoms with Gasteiger partial charge in [0.15, 0.2) is 18.1 Å². The molecular weight excluding hydrogens is 385 g/mol. The fourth-order valence-corrected chi connectivity index (χ4v) is 3.17. The number of para-hydroxylation sites is 2. The van der Waals surface area contributed by atoms with Gasteiger partial charge in [0.25, 0.3) is 5.91 Å². The van der Waals surface area contributed by atoms with E-state index in [0.717, 1.165) is 12.1 Å². The first-order valence-corrected chi connectivity index (χ1v) is 9.43. The van der Waals surface area contributed by atoms with Gasteiger partial charge in [-0.3, -0.25) is 4.79 Å². The molecule has 1 aliphatic rings. The van der Waals surface area contributed by atoms with Crippen molar-refractivity contribution >= 4 is 11.6 Å². The van der Waals surface area contributed by atoms with Crippen molar-refractivity contribution in [1.29, 1.82) is 0 Å². The van der Waals surface area contributed by atoms with Crippen LogP contribution in [-0.2, 0) is 11.0 Å². The second-order valence-electron chi connectivity index (χ2n) is 6.58. The lowest BCUT2D eigenvalue weighted by molar-refractivity contribution is -0.137. The molecule has 2 aromatic rings. The molecule has 1 aliphatic heterocycles. The Morgan fingerprint density at radius 3 is 2.24 bits per heavy atom. The zero-order chi connectivity index (χ0) is 20.9. The highest BCUT2D eigenvalue weighted by atomic mass is 19.4. The molecule has 0 atom stereocenters. The van der Waals surface area contributed by atoms with Crippen molar-refractivity contribution in [3.8, 4) is 11.5 Å². The number of piperazine rings is 1. The topological polar surface area (TPSA) is 42.0 Å². The zero-order valence-electron chi connectivity index (χ0n) is 16.1. The zero-order valence-corrected chi connectivity index (χ0v) is 16.1. The van der Waals surface area contributed by atoms with E-state index in [1.54, 1.807) is 29.2 Å². The third-order valence-electron chi connectivity index (χ3n) is 4.67. The average molecular weight is 408 g/mol. The van der Waals surface area contributed by atoms with E-state index in [2.05, 4.69) is 0 Å². The second-order valence-corrected chi connectivity index (χ2v) is 6.58. The monoisotopic (exact) mass is 408 g/mol. The Hall–Kier alpha value is -2.90. The summed E-state index contributed by atoms with van der Waals surface area (Å²) in [6.45, 7) is 4.01. The van der Waals surface area contributed by atoms with Crippen LogP contribution in [0.4, 0.5) is 18.9 Å². The summed E-state index contributed by atoms with van der Waals surface area (Å²) >= 11 is 0. The van der Waals surface area contributed by atoms with E-state index >= 15 is 0 Å². The van der Waals surface area contributed by atoms with Gasteiger partial charge in [-0.1, -0.05) is 18.2 Å². The van der Waals surface area contributed by atoms with Crippen molar-refractivity contribution in [1.82, 2.24) is 4.90 Å². The number of nitrogens with zero attached hydrogens (tertiary/aromatic N) is 2. The van der Waals surface area contributed by atoms with Gasteiger partial charge in [-0.15, -0.1) is 0 Å². The minimum absolute atomic E-state index is 0.117. The van der Waals surface area contributed by atoms with Gasteiger partial charge in [-0.05, 0) is 37.3 Å². The Bertz CT molecular complexity index is 834. The molecule has 3 rings (SSSR count). The van der Waals surface area contributed by atoms with Gasteiger partial charge in [-0.25, -0.2) is 0 Å². The molecule has 0 aliphatic carbocycles. The van der Waals surface area contributed by atoms with E-state index < -0.39 is 11.7 Å². The molecule has 1 amide bonds. The summed E-state index contributed by atoms with van der Waals surface area (Å²) in [5, 5.41) is 0. The van der Waals surface area contributed by atoms with Crippen LogP contribution in [0.25, 0.3) is 0 Å². The minimum atomic E-state index is -4.37. The van der Waals surface area contributed by atoms with Crippen LogP contribution in [0.3, 0.4) is 0 Å². The molecule has 0 N–H and O–H groups in total. The molecule has 2 aromatic carbocycles. The van der Waals surface area contributed by atoms with Crippen molar-refractivity contribution in [3.63, 3.8) is 0 Å². The lowest BCUT2D eigenvalue weighted by Gasteiger charge is -2.36. The molecule has 156 valence electrons. The molecule has 1 fully saturated rings. The van der Waals surface area contributed by atoms with E-state index in [4.69, 9.17) is 9.47 Å². The highest BCUT2D eigenvalue weighted by molar-refractivity contribution is 5.78. The van der Waals surface area contributed by atoms with Crippen LogP contribution in [0.2, 0.25) is 0 Å². The predicted molar refractivity (Wildman–Crippen MR) is 103 cm³/mol. The normalized spacial score (nSPS) is 14.6. The van der Waals surface area contributed by atoms with Gasteiger partial charge in [0, 0.05) is 31.9 Å². The molecule has 0 unspecified atom stereocenters. The highest BCUT2D eigenvalue weighted by Gasteiger charge is 2.31. The number of ether oxygens (including phenoxy) is 2. The van der Waals surface area contributed by atoms with E-state index in [-0.39, 0.29) is 12.5 Å². The first-order valence-electron chi connectivity index (χ1n) is 9.43. The van der Waals surface area contributed by atoms with Crippen LogP contribution >= 0.6 is 0 Å². The van der Waals surface area contributed by atoms with Crippen molar-refractivity contribution in [2.45, 2.75) is 13.1 Å². The standard InChI is InChI=1S/C21H23F3N2O3/c1-2-28-18-8-3-4-9-19(18)29-15-20(27)26-12-10-25(11-13-26)17-7-5-6-16(14-17)21(22,23)24/h3-9,14H,2,10-13,15H2,1H3. The molecule has 5 nitrogen and oxygen atoms in total. The van der Waals surface area contributed by atoms with Crippen molar-refractivity contribution < 1.29 is 27.4 Å². The number of hydrogen-bond acceptors (Lipinski definition) is 4. The van der Waals surface area contributed by atoms with Gasteiger partial charge in [0.05, 0.1) is 12.2 Å². The summed E-state index contributed by atoms with van der Waals surface area (Å²) in [7, 11) is 0. The Balaban J connectivity index is 1.54. The lowest BCUT2D eigenvalue weighted by Crippen LogP contribution is -2.50. The van der Waals surface area contributed by atoms with E-state index in [9.17, 15) is 18.0 Å². The van der Waals surface area contributed by atoms with Gasteiger partial charge >= 0.3 is 6.18 Å². The third-order valence-corrected chi connectivity index (χ3v) is 4.67. The van der Waals surface area contributed by atoms with Gasteiger partial charge in [0.2, 0.25) is 0 Å². The summed E-state index contributed by atoms with van der Waals surface area (Å²) in [5.74, 6) is 0.919. The number of anilines is 1. The number of alkyl halides is 3. The highest BCUT2D eigenvalue weighted by Crippen LogP contribution is 2.32. The molecule has 1 heterocycles. The Morgan fingerprint density at radius 1 is 0.966 bits per heavy atom. The number of carbonyl (C=O) groups is 1. The van der Waals surface area contributed by atoms with Crippen LogP contribution < -0.4 is 14.4 Å². The molecule has 29 heavy (non-hydrogen) atoms. The smallest absolute Gasteiger partial charge is 0.416 e. The van der Waals surface area contributed by atoms with Crippen LogP contribution in [0.15, 0.2) is 48.5 Å². The van der Waals surface area contributed by atoms with Crippen molar-refractivity contribution in [3.05, 3.63) is 54.1 Å². The van der Waals surface area contributed by atoms with Gasteiger partial charge in [0.1, 0.15) is 0 Å². The van der Waals surface area contributed by atoms with Crippen molar-refractivity contribution in [2.75, 3.05) is 44.3 Å². The predicted octanol–water partition coefficient (Wildman–Crippen LogP) is 3.83. The van der Waals surface area contributed by atoms with E-state index in [1.165, 1.54) is 6.07 Å². The quantitative estimate of drug-likeness (QED) is 0.729.